The van der Waals surface area contributed by atoms with E-state index in [2.05, 4.69) is 10.1 Å². The molecule has 0 unspecified atom stereocenters. The van der Waals surface area contributed by atoms with E-state index in [0.29, 0.717) is 16.6 Å². The Morgan fingerprint density at radius 3 is 2.79 bits per heavy atom. The molecule has 24 heavy (non-hydrogen) atoms. The Kier molecular flexibility index (Phi) is 4.21. The van der Waals surface area contributed by atoms with E-state index in [0.717, 1.165) is 12.1 Å². The van der Waals surface area contributed by atoms with Crippen molar-refractivity contribution in [1.29, 1.82) is 0 Å². The molecule has 3 rings (SSSR count). The number of hydrogen-bond donors (Lipinski definition) is 2. The maximum atomic E-state index is 12.2. The van der Waals surface area contributed by atoms with Crippen molar-refractivity contribution < 1.29 is 32.4 Å². The van der Waals surface area contributed by atoms with Crippen LogP contribution in [-0.2, 0) is 11.3 Å². The molecule has 1 aliphatic heterocycles. The molecule has 0 atom stereocenters. The van der Waals surface area contributed by atoms with Crippen molar-refractivity contribution in [2.45, 2.75) is 13.0 Å². The minimum atomic E-state index is -4.80. The SMILES string of the molecule is O=C(Nc1cccc(OC(F)(F)F)c1)c1ccc2c(c1)COB2O. The van der Waals surface area contributed by atoms with Crippen LogP contribution in [0.5, 0.6) is 5.75 Å². The average molecular weight is 337 g/mol. The molecule has 0 spiro atoms. The number of anilines is 1. The van der Waals surface area contributed by atoms with Crippen molar-refractivity contribution in [3.8, 4) is 5.75 Å². The van der Waals surface area contributed by atoms with E-state index in [9.17, 15) is 23.0 Å². The third-order valence-electron chi connectivity index (χ3n) is 3.39. The van der Waals surface area contributed by atoms with Gasteiger partial charge in [-0.15, -0.1) is 13.2 Å². The standard InChI is InChI=1S/C15H11BF3NO4/c17-15(18,19)24-12-3-1-2-11(7-12)20-14(21)9-4-5-13-10(6-9)8-23-16(13)22/h1-7,22H,8H2,(H,20,21). The lowest BCUT2D eigenvalue weighted by Crippen LogP contribution is -2.28. The highest BCUT2D eigenvalue weighted by Gasteiger charge is 2.31. The Hall–Kier alpha value is -2.52. The van der Waals surface area contributed by atoms with Gasteiger partial charge >= 0.3 is 13.5 Å². The van der Waals surface area contributed by atoms with Crippen LogP contribution in [-0.4, -0.2) is 24.4 Å². The van der Waals surface area contributed by atoms with Gasteiger partial charge in [0.05, 0.1) is 6.61 Å². The maximum Gasteiger partial charge on any atom is 0.573 e. The number of nitrogens with one attached hydrogen (secondary N) is 1. The molecule has 0 saturated heterocycles. The van der Waals surface area contributed by atoms with Crippen LogP contribution in [0.3, 0.4) is 0 Å². The topological polar surface area (TPSA) is 67.8 Å². The number of hydrogen-bond acceptors (Lipinski definition) is 4. The highest BCUT2D eigenvalue weighted by molar-refractivity contribution is 6.61. The molecule has 0 aromatic heterocycles. The molecule has 2 N–H and O–H groups in total. The van der Waals surface area contributed by atoms with E-state index in [4.69, 9.17) is 4.65 Å². The number of benzene rings is 2. The quantitative estimate of drug-likeness (QED) is 0.842. The summed E-state index contributed by atoms with van der Waals surface area (Å²) < 4.78 is 45.5. The molecule has 1 aliphatic rings. The minimum absolute atomic E-state index is 0.165. The summed E-state index contributed by atoms with van der Waals surface area (Å²) in [6.45, 7) is 0.187. The van der Waals surface area contributed by atoms with Crippen molar-refractivity contribution in [3.05, 3.63) is 53.6 Å². The zero-order valence-corrected chi connectivity index (χ0v) is 12.1. The molecule has 2 aromatic carbocycles. The van der Waals surface area contributed by atoms with Crippen molar-refractivity contribution in [1.82, 2.24) is 0 Å². The van der Waals surface area contributed by atoms with Crippen molar-refractivity contribution in [3.63, 3.8) is 0 Å². The van der Waals surface area contributed by atoms with Gasteiger partial charge in [0.1, 0.15) is 5.75 Å². The van der Waals surface area contributed by atoms with Crippen LogP contribution in [0.25, 0.3) is 0 Å². The van der Waals surface area contributed by atoms with E-state index >= 15 is 0 Å². The number of ether oxygens (including phenoxy) is 1. The first-order valence-electron chi connectivity index (χ1n) is 6.91. The smallest absolute Gasteiger partial charge is 0.423 e. The van der Waals surface area contributed by atoms with Crippen molar-refractivity contribution in [2.75, 3.05) is 5.32 Å². The number of fused-ring (bicyclic) bond motifs is 1. The predicted octanol–water partition coefficient (Wildman–Crippen LogP) is 2.06. The van der Waals surface area contributed by atoms with Gasteiger partial charge in [-0.3, -0.25) is 4.79 Å². The molecule has 1 heterocycles. The normalized spacial score (nSPS) is 13.6. The summed E-state index contributed by atoms with van der Waals surface area (Å²) in [4.78, 5) is 12.2. The summed E-state index contributed by atoms with van der Waals surface area (Å²) in [7, 11) is -1.01. The Labute approximate surface area is 135 Å². The molecule has 0 saturated carbocycles. The molecule has 2 aromatic rings. The molecule has 0 bridgehead atoms. The van der Waals surface area contributed by atoms with Gasteiger partial charge in [-0.2, -0.15) is 0 Å². The third-order valence-corrected chi connectivity index (χ3v) is 3.39. The third kappa shape index (κ3) is 3.69. The second-order valence-corrected chi connectivity index (χ2v) is 5.11. The van der Waals surface area contributed by atoms with E-state index < -0.39 is 25.1 Å². The average Bonchev–Trinajstić information content (AvgIpc) is 2.87. The first-order chi connectivity index (χ1) is 11.3. The number of rotatable bonds is 3. The van der Waals surface area contributed by atoms with Gasteiger partial charge in [0.15, 0.2) is 0 Å². The molecular formula is C15H11BF3NO4. The highest BCUT2D eigenvalue weighted by atomic mass is 19.4. The van der Waals surface area contributed by atoms with Crippen LogP contribution < -0.4 is 15.5 Å². The first-order valence-corrected chi connectivity index (χ1v) is 6.91. The number of carbonyl (C=O) groups is 1. The monoisotopic (exact) mass is 337 g/mol. The van der Waals surface area contributed by atoms with Gasteiger partial charge in [0.25, 0.3) is 5.91 Å². The Morgan fingerprint density at radius 1 is 1.25 bits per heavy atom. The van der Waals surface area contributed by atoms with Gasteiger partial charge in [-0.25, -0.2) is 0 Å². The molecule has 9 heteroatoms. The Bertz CT molecular complexity index is 782. The van der Waals surface area contributed by atoms with Gasteiger partial charge < -0.3 is 19.7 Å². The number of amides is 1. The largest absolute Gasteiger partial charge is 0.573 e. The zero-order valence-electron chi connectivity index (χ0n) is 12.1. The van der Waals surface area contributed by atoms with Crippen LogP contribution in [0.2, 0.25) is 0 Å². The van der Waals surface area contributed by atoms with Gasteiger partial charge in [0, 0.05) is 17.3 Å². The van der Waals surface area contributed by atoms with Gasteiger partial charge in [-0.1, -0.05) is 12.1 Å². The molecule has 124 valence electrons. The highest BCUT2D eigenvalue weighted by Crippen LogP contribution is 2.25. The molecule has 5 nitrogen and oxygen atoms in total. The zero-order chi connectivity index (χ0) is 17.3. The van der Waals surface area contributed by atoms with E-state index in [1.165, 1.54) is 18.2 Å². The predicted molar refractivity (Wildman–Crippen MR) is 79.9 cm³/mol. The molecule has 0 fully saturated rings. The number of alkyl halides is 3. The van der Waals surface area contributed by atoms with Crippen LogP contribution in [0, 0.1) is 0 Å². The van der Waals surface area contributed by atoms with Gasteiger partial charge in [-0.05, 0) is 35.3 Å². The van der Waals surface area contributed by atoms with Crippen LogP contribution >= 0.6 is 0 Å². The fourth-order valence-electron chi connectivity index (χ4n) is 2.35. The molecule has 1 amide bonds. The summed E-state index contributed by atoms with van der Waals surface area (Å²) in [6.07, 6.45) is -4.80. The Balaban J connectivity index is 1.74. The van der Waals surface area contributed by atoms with E-state index in [-0.39, 0.29) is 12.3 Å². The fraction of sp³-hybridized carbons (Fsp3) is 0.133. The van der Waals surface area contributed by atoms with Crippen LogP contribution in [0.1, 0.15) is 15.9 Å². The minimum Gasteiger partial charge on any atom is -0.423 e. The van der Waals surface area contributed by atoms with E-state index in [1.54, 1.807) is 12.1 Å². The summed E-state index contributed by atoms with van der Waals surface area (Å²) in [5.74, 6) is -0.922. The Morgan fingerprint density at radius 2 is 2.04 bits per heavy atom. The van der Waals surface area contributed by atoms with Crippen molar-refractivity contribution in [2.24, 2.45) is 0 Å². The lowest BCUT2D eigenvalue weighted by Gasteiger charge is -2.11. The summed E-state index contributed by atoms with van der Waals surface area (Å²) >= 11 is 0. The second kappa shape index (κ2) is 6.18. The van der Waals surface area contributed by atoms with Gasteiger partial charge in [0.2, 0.25) is 0 Å². The van der Waals surface area contributed by atoms with Crippen LogP contribution in [0.4, 0.5) is 18.9 Å². The molecule has 0 aliphatic carbocycles. The second-order valence-electron chi connectivity index (χ2n) is 5.11. The maximum absolute atomic E-state index is 12.2. The summed E-state index contributed by atoms with van der Waals surface area (Å²) in [5.41, 5.74) is 1.74. The number of carbonyl (C=O) groups excluding carboxylic acids is 1. The summed E-state index contributed by atoms with van der Waals surface area (Å²) in [5, 5.41) is 12.0. The van der Waals surface area contributed by atoms with Crippen molar-refractivity contribution >= 4 is 24.2 Å². The molecule has 0 radical (unpaired) electrons. The first kappa shape index (κ1) is 16.3. The number of halogens is 3. The summed E-state index contributed by atoms with van der Waals surface area (Å²) in [6, 6.07) is 9.64. The fourth-order valence-corrected chi connectivity index (χ4v) is 2.35. The van der Waals surface area contributed by atoms with Crippen LogP contribution in [0.15, 0.2) is 42.5 Å². The molecular weight excluding hydrogens is 326 g/mol. The lowest BCUT2D eigenvalue weighted by atomic mass is 9.79. The lowest BCUT2D eigenvalue weighted by molar-refractivity contribution is -0.274. The van der Waals surface area contributed by atoms with E-state index in [1.807, 2.05) is 0 Å².